The lowest BCUT2D eigenvalue weighted by molar-refractivity contribution is -0.125. The minimum Gasteiger partial charge on any atom is -0.467 e. The van der Waals surface area contributed by atoms with Crippen LogP contribution in [0, 0.1) is 0 Å². The number of hydrogen-bond acceptors (Lipinski definition) is 4. The SMILES string of the molecule is O=C(CO/N=C\c1ccccc1)NCc1ccco1. The standard InChI is InChI=1S/C14H14N2O3/c17-14(15-10-13-7-4-8-18-13)11-19-16-9-12-5-2-1-3-6-12/h1-9H,10-11H2,(H,15,17)/b16-9-. The van der Waals surface area contributed by atoms with E-state index in [-0.39, 0.29) is 12.5 Å². The molecule has 2 rings (SSSR count). The minimum atomic E-state index is -0.249. The van der Waals surface area contributed by atoms with Gasteiger partial charge in [-0.2, -0.15) is 0 Å². The van der Waals surface area contributed by atoms with Crippen molar-refractivity contribution < 1.29 is 14.0 Å². The summed E-state index contributed by atoms with van der Waals surface area (Å²) in [4.78, 5) is 16.3. The quantitative estimate of drug-likeness (QED) is 0.636. The van der Waals surface area contributed by atoms with Crippen LogP contribution in [0.5, 0.6) is 0 Å². The van der Waals surface area contributed by atoms with Crippen LogP contribution in [0.1, 0.15) is 11.3 Å². The molecule has 0 fully saturated rings. The molecule has 0 unspecified atom stereocenters. The Morgan fingerprint density at radius 2 is 2.11 bits per heavy atom. The van der Waals surface area contributed by atoms with Crippen LogP contribution in [0.3, 0.4) is 0 Å². The van der Waals surface area contributed by atoms with Gasteiger partial charge in [0.05, 0.1) is 19.0 Å². The van der Waals surface area contributed by atoms with E-state index in [9.17, 15) is 4.79 Å². The molecule has 1 aromatic carbocycles. The van der Waals surface area contributed by atoms with E-state index < -0.39 is 0 Å². The molecule has 0 saturated heterocycles. The van der Waals surface area contributed by atoms with E-state index in [1.54, 1.807) is 24.6 Å². The second-order valence-electron chi connectivity index (χ2n) is 3.77. The fraction of sp³-hybridized carbons (Fsp3) is 0.143. The normalized spacial score (nSPS) is 10.5. The lowest BCUT2D eigenvalue weighted by atomic mass is 10.2. The van der Waals surface area contributed by atoms with E-state index in [4.69, 9.17) is 9.25 Å². The Morgan fingerprint density at radius 1 is 1.26 bits per heavy atom. The molecule has 98 valence electrons. The first-order valence-electron chi connectivity index (χ1n) is 5.84. The van der Waals surface area contributed by atoms with Gasteiger partial charge >= 0.3 is 0 Å². The van der Waals surface area contributed by atoms with Crippen molar-refractivity contribution in [1.29, 1.82) is 0 Å². The molecule has 0 aliphatic heterocycles. The topological polar surface area (TPSA) is 63.8 Å². The fourth-order valence-corrected chi connectivity index (χ4v) is 1.38. The molecule has 0 saturated carbocycles. The Bertz CT molecular complexity index is 521. The van der Waals surface area contributed by atoms with E-state index in [1.165, 1.54) is 0 Å². The molecule has 1 N–H and O–H groups in total. The number of furan rings is 1. The van der Waals surface area contributed by atoms with Gasteiger partial charge in [0, 0.05) is 0 Å². The molecular weight excluding hydrogens is 244 g/mol. The molecule has 19 heavy (non-hydrogen) atoms. The smallest absolute Gasteiger partial charge is 0.261 e. The van der Waals surface area contributed by atoms with Crippen LogP contribution in [0.15, 0.2) is 58.3 Å². The Morgan fingerprint density at radius 3 is 2.84 bits per heavy atom. The number of benzene rings is 1. The van der Waals surface area contributed by atoms with Crippen molar-refractivity contribution in [3.63, 3.8) is 0 Å². The Kier molecular flexibility index (Phi) is 4.75. The Hall–Kier alpha value is -2.56. The van der Waals surface area contributed by atoms with Crippen LogP contribution in [-0.2, 0) is 16.2 Å². The number of carbonyl (C=O) groups is 1. The van der Waals surface area contributed by atoms with Gasteiger partial charge in [0.15, 0.2) is 6.61 Å². The molecule has 1 amide bonds. The summed E-state index contributed by atoms with van der Waals surface area (Å²) in [6.45, 7) is 0.224. The molecule has 1 heterocycles. The molecule has 5 heteroatoms. The predicted octanol–water partition coefficient (Wildman–Crippen LogP) is 1.95. The average Bonchev–Trinajstić information content (AvgIpc) is 2.96. The van der Waals surface area contributed by atoms with E-state index in [0.29, 0.717) is 12.3 Å². The Labute approximate surface area is 110 Å². The summed E-state index contributed by atoms with van der Waals surface area (Å²) in [5, 5.41) is 6.37. The lowest BCUT2D eigenvalue weighted by Crippen LogP contribution is -2.26. The van der Waals surface area contributed by atoms with Gasteiger partial charge in [-0.1, -0.05) is 35.5 Å². The number of oxime groups is 1. The zero-order chi connectivity index (χ0) is 13.3. The van der Waals surface area contributed by atoms with Crippen molar-refractivity contribution in [2.24, 2.45) is 5.16 Å². The molecule has 0 aliphatic carbocycles. The van der Waals surface area contributed by atoms with E-state index in [0.717, 1.165) is 5.56 Å². The van der Waals surface area contributed by atoms with Crippen LogP contribution in [0.4, 0.5) is 0 Å². The number of carbonyl (C=O) groups excluding carboxylic acids is 1. The van der Waals surface area contributed by atoms with Crippen molar-refractivity contribution >= 4 is 12.1 Å². The summed E-state index contributed by atoms with van der Waals surface area (Å²) in [5.74, 6) is 0.447. The number of amides is 1. The van der Waals surface area contributed by atoms with Gasteiger partial charge in [0.1, 0.15) is 5.76 Å². The summed E-state index contributed by atoms with van der Waals surface area (Å²) in [7, 11) is 0. The maximum atomic E-state index is 11.4. The summed E-state index contributed by atoms with van der Waals surface area (Å²) < 4.78 is 5.08. The first-order valence-corrected chi connectivity index (χ1v) is 5.84. The van der Waals surface area contributed by atoms with Crippen molar-refractivity contribution in [1.82, 2.24) is 5.32 Å². The van der Waals surface area contributed by atoms with Crippen molar-refractivity contribution in [3.8, 4) is 0 Å². The minimum absolute atomic E-state index is 0.121. The molecule has 0 aliphatic rings. The predicted molar refractivity (Wildman–Crippen MR) is 70.5 cm³/mol. The number of nitrogens with zero attached hydrogens (tertiary/aromatic N) is 1. The van der Waals surface area contributed by atoms with Crippen LogP contribution in [0.25, 0.3) is 0 Å². The Balaban J connectivity index is 1.65. The number of nitrogens with one attached hydrogen (secondary N) is 1. The van der Waals surface area contributed by atoms with Gasteiger partial charge in [-0.3, -0.25) is 4.79 Å². The van der Waals surface area contributed by atoms with Crippen LogP contribution < -0.4 is 5.32 Å². The van der Waals surface area contributed by atoms with Gasteiger partial charge in [0.2, 0.25) is 0 Å². The highest BCUT2D eigenvalue weighted by Gasteiger charge is 2.02. The molecule has 0 bridgehead atoms. The molecule has 5 nitrogen and oxygen atoms in total. The summed E-state index contributed by atoms with van der Waals surface area (Å²) in [6, 6.07) is 13.1. The summed E-state index contributed by atoms with van der Waals surface area (Å²) >= 11 is 0. The molecule has 2 aromatic rings. The second kappa shape index (κ2) is 7.00. The van der Waals surface area contributed by atoms with E-state index in [2.05, 4.69) is 10.5 Å². The third-order valence-corrected chi connectivity index (χ3v) is 2.31. The first-order chi connectivity index (χ1) is 9.34. The summed E-state index contributed by atoms with van der Waals surface area (Å²) in [6.07, 6.45) is 3.11. The van der Waals surface area contributed by atoms with Crippen LogP contribution in [-0.4, -0.2) is 18.7 Å². The van der Waals surface area contributed by atoms with Crippen LogP contribution in [0.2, 0.25) is 0 Å². The van der Waals surface area contributed by atoms with E-state index >= 15 is 0 Å². The molecular formula is C14H14N2O3. The van der Waals surface area contributed by atoms with Crippen molar-refractivity contribution in [3.05, 3.63) is 60.1 Å². The molecule has 0 radical (unpaired) electrons. The molecule has 1 aromatic heterocycles. The number of hydrogen-bond donors (Lipinski definition) is 1. The molecule has 0 atom stereocenters. The zero-order valence-electron chi connectivity index (χ0n) is 10.3. The number of rotatable bonds is 6. The van der Waals surface area contributed by atoms with Crippen LogP contribution >= 0.6 is 0 Å². The fourth-order valence-electron chi connectivity index (χ4n) is 1.38. The highest BCUT2D eigenvalue weighted by atomic mass is 16.6. The molecule has 0 spiro atoms. The lowest BCUT2D eigenvalue weighted by Gasteiger charge is -2.01. The first kappa shape index (κ1) is 12.9. The second-order valence-corrected chi connectivity index (χ2v) is 3.77. The maximum Gasteiger partial charge on any atom is 0.261 e. The largest absolute Gasteiger partial charge is 0.467 e. The zero-order valence-corrected chi connectivity index (χ0v) is 10.3. The van der Waals surface area contributed by atoms with Gasteiger partial charge < -0.3 is 14.6 Å². The van der Waals surface area contributed by atoms with Crippen molar-refractivity contribution in [2.75, 3.05) is 6.61 Å². The maximum absolute atomic E-state index is 11.4. The third-order valence-electron chi connectivity index (χ3n) is 2.31. The third kappa shape index (κ3) is 4.67. The average molecular weight is 258 g/mol. The highest BCUT2D eigenvalue weighted by molar-refractivity contribution is 5.79. The van der Waals surface area contributed by atoms with Gasteiger partial charge in [0.25, 0.3) is 5.91 Å². The summed E-state index contributed by atoms with van der Waals surface area (Å²) in [5.41, 5.74) is 0.915. The monoisotopic (exact) mass is 258 g/mol. The van der Waals surface area contributed by atoms with Gasteiger partial charge in [-0.15, -0.1) is 0 Å². The highest BCUT2D eigenvalue weighted by Crippen LogP contribution is 1.98. The van der Waals surface area contributed by atoms with Crippen molar-refractivity contribution in [2.45, 2.75) is 6.54 Å². The van der Waals surface area contributed by atoms with E-state index in [1.807, 2.05) is 30.3 Å². The van der Waals surface area contributed by atoms with Gasteiger partial charge in [-0.25, -0.2) is 0 Å². The van der Waals surface area contributed by atoms with Gasteiger partial charge in [-0.05, 0) is 17.7 Å².